The molecule has 0 aliphatic carbocycles. The molecule has 3 nitrogen and oxygen atoms in total. The third-order valence-corrected chi connectivity index (χ3v) is 2.62. The van der Waals surface area contributed by atoms with Crippen molar-refractivity contribution in [3.63, 3.8) is 0 Å². The Morgan fingerprint density at radius 2 is 2.14 bits per heavy atom. The molecule has 1 rings (SSSR count). The van der Waals surface area contributed by atoms with Crippen LogP contribution in [0, 0.1) is 5.92 Å². The van der Waals surface area contributed by atoms with Crippen molar-refractivity contribution in [2.75, 3.05) is 26.3 Å². The Labute approximate surface area is 87.6 Å². The molecule has 1 heterocycles. The van der Waals surface area contributed by atoms with Crippen molar-refractivity contribution < 1.29 is 4.74 Å². The molecule has 1 saturated heterocycles. The predicted octanol–water partition coefficient (Wildman–Crippen LogP) is 1.08. The van der Waals surface area contributed by atoms with Gasteiger partial charge in [-0.3, -0.25) is 4.90 Å². The molecule has 2 N–H and O–H groups in total. The zero-order valence-electron chi connectivity index (χ0n) is 9.70. The van der Waals surface area contributed by atoms with Crippen molar-refractivity contribution in [3.8, 4) is 0 Å². The lowest BCUT2D eigenvalue weighted by Gasteiger charge is -2.37. The van der Waals surface area contributed by atoms with Crippen LogP contribution >= 0.6 is 0 Å². The van der Waals surface area contributed by atoms with E-state index in [0.29, 0.717) is 6.04 Å². The summed E-state index contributed by atoms with van der Waals surface area (Å²) < 4.78 is 5.51. The molecule has 2 atom stereocenters. The summed E-state index contributed by atoms with van der Waals surface area (Å²) in [5, 5.41) is 0. The first-order valence-corrected chi connectivity index (χ1v) is 5.67. The number of hydrogen-bond donors (Lipinski definition) is 1. The number of rotatable bonds is 4. The Morgan fingerprint density at radius 1 is 1.43 bits per heavy atom. The zero-order chi connectivity index (χ0) is 10.6. The van der Waals surface area contributed by atoms with E-state index < -0.39 is 0 Å². The van der Waals surface area contributed by atoms with Gasteiger partial charge in [0.1, 0.15) is 0 Å². The summed E-state index contributed by atoms with van der Waals surface area (Å²) in [6.07, 6.45) is 1.22. The highest BCUT2D eigenvalue weighted by Gasteiger charge is 2.23. The number of morpholine rings is 1. The lowest BCUT2D eigenvalue weighted by molar-refractivity contribution is -0.0161. The molecular weight excluding hydrogens is 176 g/mol. The molecule has 0 radical (unpaired) electrons. The van der Waals surface area contributed by atoms with E-state index in [4.69, 9.17) is 10.5 Å². The maximum Gasteiger partial charge on any atom is 0.0622 e. The van der Waals surface area contributed by atoms with Crippen molar-refractivity contribution in [1.82, 2.24) is 4.90 Å². The molecule has 0 aromatic heterocycles. The topological polar surface area (TPSA) is 38.5 Å². The van der Waals surface area contributed by atoms with Crippen LogP contribution in [0.3, 0.4) is 0 Å². The molecule has 0 spiro atoms. The average Bonchev–Trinajstić information content (AvgIpc) is 2.06. The molecule has 1 fully saturated rings. The van der Waals surface area contributed by atoms with Gasteiger partial charge in [0.15, 0.2) is 0 Å². The van der Waals surface area contributed by atoms with Gasteiger partial charge in [0, 0.05) is 25.2 Å². The van der Waals surface area contributed by atoms with Gasteiger partial charge in [0.05, 0.1) is 13.2 Å². The second-order valence-corrected chi connectivity index (χ2v) is 4.83. The van der Waals surface area contributed by atoms with Crippen LogP contribution in [-0.2, 0) is 4.74 Å². The summed E-state index contributed by atoms with van der Waals surface area (Å²) in [7, 11) is 0. The number of nitrogens with two attached hydrogens (primary N) is 1. The van der Waals surface area contributed by atoms with E-state index in [2.05, 4.69) is 25.7 Å². The first-order chi connectivity index (χ1) is 6.59. The number of hydrogen-bond acceptors (Lipinski definition) is 3. The third-order valence-electron chi connectivity index (χ3n) is 2.62. The van der Waals surface area contributed by atoms with Crippen molar-refractivity contribution in [2.45, 2.75) is 39.3 Å². The standard InChI is InChI=1S/C11H24N2O/c1-9(2)6-11-8-14-5-4-13(11)7-10(3)12/h9-11H,4-8,12H2,1-3H3. The van der Waals surface area contributed by atoms with E-state index in [1.807, 2.05) is 0 Å². The molecule has 0 saturated carbocycles. The average molecular weight is 200 g/mol. The normalized spacial score (nSPS) is 26.8. The van der Waals surface area contributed by atoms with Crippen LogP contribution in [0.15, 0.2) is 0 Å². The van der Waals surface area contributed by atoms with Crippen LogP contribution in [-0.4, -0.2) is 43.3 Å². The molecule has 3 heteroatoms. The highest BCUT2D eigenvalue weighted by atomic mass is 16.5. The van der Waals surface area contributed by atoms with Gasteiger partial charge >= 0.3 is 0 Å². The van der Waals surface area contributed by atoms with Crippen molar-refractivity contribution in [1.29, 1.82) is 0 Å². The maximum absolute atomic E-state index is 5.83. The van der Waals surface area contributed by atoms with E-state index in [1.54, 1.807) is 0 Å². The van der Waals surface area contributed by atoms with E-state index in [9.17, 15) is 0 Å². The van der Waals surface area contributed by atoms with Gasteiger partial charge in [-0.1, -0.05) is 13.8 Å². The maximum atomic E-state index is 5.83. The molecule has 1 aliphatic heterocycles. The van der Waals surface area contributed by atoms with Crippen LogP contribution in [0.5, 0.6) is 0 Å². The number of ether oxygens (including phenoxy) is 1. The lowest BCUT2D eigenvalue weighted by Crippen LogP contribution is -2.49. The number of nitrogens with zero attached hydrogens (tertiary/aromatic N) is 1. The highest BCUT2D eigenvalue weighted by Crippen LogP contribution is 2.15. The van der Waals surface area contributed by atoms with Crippen molar-refractivity contribution >= 4 is 0 Å². The second-order valence-electron chi connectivity index (χ2n) is 4.83. The Hall–Kier alpha value is -0.120. The Morgan fingerprint density at radius 3 is 2.71 bits per heavy atom. The zero-order valence-corrected chi connectivity index (χ0v) is 9.70. The summed E-state index contributed by atoms with van der Waals surface area (Å²) in [4.78, 5) is 2.48. The smallest absolute Gasteiger partial charge is 0.0622 e. The van der Waals surface area contributed by atoms with Gasteiger partial charge in [-0.05, 0) is 19.3 Å². The Kier molecular flexibility index (Phi) is 4.85. The highest BCUT2D eigenvalue weighted by molar-refractivity contribution is 4.78. The van der Waals surface area contributed by atoms with E-state index in [1.165, 1.54) is 6.42 Å². The fourth-order valence-corrected chi connectivity index (χ4v) is 2.06. The molecule has 0 amide bonds. The monoisotopic (exact) mass is 200 g/mol. The van der Waals surface area contributed by atoms with Crippen LogP contribution in [0.4, 0.5) is 0 Å². The van der Waals surface area contributed by atoms with Crippen LogP contribution in [0.1, 0.15) is 27.2 Å². The predicted molar refractivity (Wildman–Crippen MR) is 59.3 cm³/mol. The van der Waals surface area contributed by atoms with Gasteiger partial charge in [0.25, 0.3) is 0 Å². The summed E-state index contributed by atoms with van der Waals surface area (Å²) in [6.45, 7) is 10.4. The molecule has 84 valence electrons. The van der Waals surface area contributed by atoms with Crippen LogP contribution in [0.2, 0.25) is 0 Å². The van der Waals surface area contributed by atoms with Gasteiger partial charge in [-0.2, -0.15) is 0 Å². The molecule has 0 aromatic carbocycles. The van der Waals surface area contributed by atoms with E-state index in [-0.39, 0.29) is 6.04 Å². The quantitative estimate of drug-likeness (QED) is 0.738. The van der Waals surface area contributed by atoms with Gasteiger partial charge in [-0.25, -0.2) is 0 Å². The minimum atomic E-state index is 0.266. The van der Waals surface area contributed by atoms with Crippen LogP contribution < -0.4 is 5.73 Å². The Bertz CT molecular complexity index is 141. The van der Waals surface area contributed by atoms with Gasteiger partial charge < -0.3 is 10.5 Å². The largest absolute Gasteiger partial charge is 0.378 e. The van der Waals surface area contributed by atoms with E-state index >= 15 is 0 Å². The lowest BCUT2D eigenvalue weighted by atomic mass is 10.0. The molecule has 0 aromatic rings. The van der Waals surface area contributed by atoms with Gasteiger partial charge in [-0.15, -0.1) is 0 Å². The summed E-state index contributed by atoms with van der Waals surface area (Å²) in [5.41, 5.74) is 5.83. The first kappa shape index (κ1) is 12.0. The third kappa shape index (κ3) is 3.95. The van der Waals surface area contributed by atoms with Crippen molar-refractivity contribution in [2.24, 2.45) is 11.7 Å². The Balaban J connectivity index is 2.41. The summed E-state index contributed by atoms with van der Waals surface area (Å²) in [5.74, 6) is 0.734. The summed E-state index contributed by atoms with van der Waals surface area (Å²) >= 11 is 0. The van der Waals surface area contributed by atoms with Gasteiger partial charge in [0.2, 0.25) is 0 Å². The van der Waals surface area contributed by atoms with Crippen LogP contribution in [0.25, 0.3) is 0 Å². The molecule has 2 unspecified atom stereocenters. The molecule has 14 heavy (non-hydrogen) atoms. The molecule has 0 bridgehead atoms. The SMILES string of the molecule is CC(C)CC1COCCN1CC(C)N. The molecule has 1 aliphatic rings. The van der Waals surface area contributed by atoms with E-state index in [0.717, 1.165) is 32.2 Å². The fourth-order valence-electron chi connectivity index (χ4n) is 2.06. The minimum Gasteiger partial charge on any atom is -0.378 e. The summed E-state index contributed by atoms with van der Waals surface area (Å²) in [6, 6.07) is 0.845. The first-order valence-electron chi connectivity index (χ1n) is 5.67. The minimum absolute atomic E-state index is 0.266. The van der Waals surface area contributed by atoms with Crippen molar-refractivity contribution in [3.05, 3.63) is 0 Å². The molecular formula is C11H24N2O. The fraction of sp³-hybridized carbons (Fsp3) is 1.00. The second kappa shape index (κ2) is 5.69.